The molecular weight excluding hydrogens is 348 g/mol. The smallest absolute Gasteiger partial charge is 0.161 e. The van der Waals surface area contributed by atoms with Gasteiger partial charge in [-0.1, -0.05) is 0 Å². The summed E-state index contributed by atoms with van der Waals surface area (Å²) >= 11 is 0. The molecule has 2 aromatic heterocycles. The topological polar surface area (TPSA) is 46.8 Å². The predicted molar refractivity (Wildman–Crippen MR) is 98.6 cm³/mol. The van der Waals surface area contributed by atoms with Crippen molar-refractivity contribution in [2.75, 3.05) is 11.4 Å². The molecule has 0 radical (unpaired) electrons. The zero-order valence-corrected chi connectivity index (χ0v) is 15.3. The Morgan fingerprint density at radius 1 is 1.04 bits per heavy atom. The molecule has 3 aromatic rings. The van der Waals surface area contributed by atoms with Gasteiger partial charge in [-0.2, -0.15) is 0 Å². The van der Waals surface area contributed by atoms with Crippen molar-refractivity contribution < 1.29 is 8.78 Å². The minimum atomic E-state index is -0.887. The van der Waals surface area contributed by atoms with E-state index < -0.39 is 11.6 Å². The van der Waals surface area contributed by atoms with Gasteiger partial charge in [-0.05, 0) is 44.6 Å². The highest BCUT2D eigenvalue weighted by Gasteiger charge is 2.33. The minimum absolute atomic E-state index is 0.0896. The molecule has 1 aliphatic heterocycles. The number of aromatic nitrogens is 4. The Kier molecular flexibility index (Phi) is 3.84. The number of hydrogen-bond acceptors (Lipinski definition) is 4. The molecule has 7 heteroatoms. The molecule has 1 fully saturated rings. The van der Waals surface area contributed by atoms with E-state index in [-0.39, 0.29) is 6.04 Å². The zero-order chi connectivity index (χ0) is 18.5. The first-order chi connectivity index (χ1) is 13.1. The molecule has 1 aromatic carbocycles. The first-order valence-electron chi connectivity index (χ1n) is 9.54. The number of benzene rings is 1. The second kappa shape index (κ2) is 6.25. The van der Waals surface area contributed by atoms with Crippen LogP contribution in [0.15, 0.2) is 18.5 Å². The summed E-state index contributed by atoms with van der Waals surface area (Å²) in [6.45, 7) is 0.813. The molecule has 2 aliphatic rings. The quantitative estimate of drug-likeness (QED) is 0.688. The van der Waals surface area contributed by atoms with E-state index in [1.807, 2.05) is 0 Å². The Morgan fingerprint density at radius 2 is 1.85 bits per heavy atom. The van der Waals surface area contributed by atoms with E-state index in [1.165, 1.54) is 36.6 Å². The Labute approximate surface area is 156 Å². The van der Waals surface area contributed by atoms with Crippen LogP contribution in [0.5, 0.6) is 0 Å². The normalized spacial score (nSPS) is 19.7. The number of anilines is 1. The van der Waals surface area contributed by atoms with Crippen molar-refractivity contribution in [1.82, 2.24) is 19.5 Å². The number of imidazole rings is 1. The Bertz CT molecular complexity index is 1030. The van der Waals surface area contributed by atoms with Gasteiger partial charge in [0.25, 0.3) is 0 Å². The van der Waals surface area contributed by atoms with Crippen molar-refractivity contribution in [3.05, 3.63) is 47.3 Å². The number of halogens is 2. The Morgan fingerprint density at radius 3 is 2.70 bits per heavy atom. The lowest BCUT2D eigenvalue weighted by atomic mass is 10.0. The second-order valence-corrected chi connectivity index (χ2v) is 7.46. The van der Waals surface area contributed by atoms with Gasteiger partial charge in [0, 0.05) is 30.7 Å². The van der Waals surface area contributed by atoms with Gasteiger partial charge in [0.05, 0.1) is 17.3 Å². The summed E-state index contributed by atoms with van der Waals surface area (Å²) in [6, 6.07) is 2.44. The summed E-state index contributed by atoms with van der Waals surface area (Å²) in [5.41, 5.74) is 2.97. The van der Waals surface area contributed by atoms with E-state index in [0.29, 0.717) is 16.7 Å². The average Bonchev–Trinajstić information content (AvgIpc) is 3.27. The van der Waals surface area contributed by atoms with Crippen LogP contribution < -0.4 is 4.90 Å². The van der Waals surface area contributed by atoms with E-state index in [0.717, 1.165) is 44.1 Å². The van der Waals surface area contributed by atoms with Crippen LogP contribution >= 0.6 is 0 Å². The van der Waals surface area contributed by atoms with E-state index in [9.17, 15) is 8.78 Å². The first kappa shape index (κ1) is 16.6. The first-order valence-corrected chi connectivity index (χ1v) is 9.54. The fourth-order valence-electron chi connectivity index (χ4n) is 4.56. The lowest BCUT2D eigenvalue weighted by Gasteiger charge is -2.26. The lowest BCUT2D eigenvalue weighted by molar-refractivity contribution is 0.510. The maximum atomic E-state index is 13.9. The summed E-state index contributed by atoms with van der Waals surface area (Å²) < 4.78 is 29.7. The van der Waals surface area contributed by atoms with Crippen molar-refractivity contribution in [3.63, 3.8) is 0 Å². The van der Waals surface area contributed by atoms with Crippen LogP contribution in [0.2, 0.25) is 0 Å². The van der Waals surface area contributed by atoms with E-state index in [2.05, 4.69) is 26.5 Å². The molecule has 0 unspecified atom stereocenters. The van der Waals surface area contributed by atoms with Crippen molar-refractivity contribution in [2.45, 2.75) is 44.6 Å². The maximum absolute atomic E-state index is 13.9. The molecule has 3 heterocycles. The molecular formula is C20H21F2N5. The van der Waals surface area contributed by atoms with Gasteiger partial charge in [-0.15, -0.1) is 0 Å². The van der Waals surface area contributed by atoms with Crippen LogP contribution in [0.25, 0.3) is 10.9 Å². The molecule has 1 atom stereocenters. The molecule has 1 aliphatic carbocycles. The molecule has 5 nitrogen and oxygen atoms in total. The van der Waals surface area contributed by atoms with Crippen molar-refractivity contribution >= 4 is 16.7 Å². The Balaban J connectivity index is 1.61. The summed E-state index contributed by atoms with van der Waals surface area (Å²) in [6.07, 6.45) is 7.92. The summed E-state index contributed by atoms with van der Waals surface area (Å²) in [5, 5.41) is 0.544. The fraction of sp³-hybridized carbons (Fsp3) is 0.450. The number of fused-ring (bicyclic) bond motifs is 2. The molecule has 140 valence electrons. The fourth-order valence-corrected chi connectivity index (χ4v) is 4.56. The van der Waals surface area contributed by atoms with Gasteiger partial charge in [0.2, 0.25) is 0 Å². The largest absolute Gasteiger partial charge is 0.346 e. The van der Waals surface area contributed by atoms with Crippen molar-refractivity contribution in [3.8, 4) is 0 Å². The van der Waals surface area contributed by atoms with Gasteiger partial charge in [0.15, 0.2) is 11.6 Å². The minimum Gasteiger partial charge on any atom is -0.346 e. The highest BCUT2D eigenvalue weighted by molar-refractivity contribution is 5.89. The SMILES string of the molecule is Cn1c([C@H]2CCCN2c2ncnc3cc(F)c(F)cc23)nc2c1CCCC2. The van der Waals surface area contributed by atoms with Gasteiger partial charge >= 0.3 is 0 Å². The van der Waals surface area contributed by atoms with E-state index in [4.69, 9.17) is 4.98 Å². The van der Waals surface area contributed by atoms with Crippen LogP contribution in [0.1, 0.15) is 48.9 Å². The molecule has 0 saturated carbocycles. The van der Waals surface area contributed by atoms with Crippen LogP contribution in [0, 0.1) is 11.6 Å². The van der Waals surface area contributed by atoms with Crippen LogP contribution in [0.4, 0.5) is 14.6 Å². The zero-order valence-electron chi connectivity index (χ0n) is 15.3. The summed E-state index contributed by atoms with van der Waals surface area (Å²) in [5.74, 6) is -0.0558. The Hall–Kier alpha value is -2.57. The van der Waals surface area contributed by atoms with Gasteiger partial charge < -0.3 is 9.47 Å². The molecule has 27 heavy (non-hydrogen) atoms. The van der Waals surface area contributed by atoms with Crippen LogP contribution in [0.3, 0.4) is 0 Å². The standard InChI is InChI=1S/C20H21F2N5/c1-26-17-6-3-2-5-15(17)25-20(26)18-7-4-8-27(18)19-12-9-13(21)14(22)10-16(12)23-11-24-19/h9-11,18H,2-8H2,1H3/t18-/m1/s1. The van der Waals surface area contributed by atoms with E-state index in [1.54, 1.807) is 0 Å². The highest BCUT2D eigenvalue weighted by atomic mass is 19.2. The maximum Gasteiger partial charge on any atom is 0.161 e. The van der Waals surface area contributed by atoms with Gasteiger partial charge in [-0.3, -0.25) is 0 Å². The van der Waals surface area contributed by atoms with Gasteiger partial charge in [0.1, 0.15) is 18.0 Å². The predicted octanol–water partition coefficient (Wildman–Crippen LogP) is 3.86. The number of hydrogen-bond donors (Lipinski definition) is 0. The number of rotatable bonds is 2. The van der Waals surface area contributed by atoms with Crippen LogP contribution in [-0.2, 0) is 19.9 Å². The second-order valence-electron chi connectivity index (χ2n) is 7.46. The third kappa shape index (κ3) is 2.59. The van der Waals surface area contributed by atoms with Gasteiger partial charge in [-0.25, -0.2) is 23.7 Å². The monoisotopic (exact) mass is 369 g/mol. The molecule has 0 spiro atoms. The molecule has 1 saturated heterocycles. The molecule has 0 bridgehead atoms. The third-order valence-corrected chi connectivity index (χ3v) is 5.89. The number of nitrogens with zero attached hydrogens (tertiary/aromatic N) is 5. The highest BCUT2D eigenvalue weighted by Crippen LogP contribution is 2.38. The van der Waals surface area contributed by atoms with Crippen LogP contribution in [-0.4, -0.2) is 26.1 Å². The number of aryl methyl sites for hydroxylation is 1. The lowest BCUT2D eigenvalue weighted by Crippen LogP contribution is -2.26. The third-order valence-electron chi connectivity index (χ3n) is 5.89. The average molecular weight is 369 g/mol. The summed E-state index contributed by atoms with van der Waals surface area (Å²) in [7, 11) is 2.09. The van der Waals surface area contributed by atoms with Crippen molar-refractivity contribution in [1.29, 1.82) is 0 Å². The molecule has 5 rings (SSSR count). The molecule has 0 amide bonds. The van der Waals surface area contributed by atoms with Crippen molar-refractivity contribution in [2.24, 2.45) is 7.05 Å². The van der Waals surface area contributed by atoms with E-state index >= 15 is 0 Å². The summed E-state index contributed by atoms with van der Waals surface area (Å²) in [4.78, 5) is 15.7. The molecule has 0 N–H and O–H groups in total.